The molecular formula is C15H28N2O2. The van der Waals surface area contributed by atoms with Crippen LogP contribution in [0.5, 0.6) is 0 Å². The minimum absolute atomic E-state index is 0.251. The zero-order valence-electron chi connectivity index (χ0n) is 12.8. The van der Waals surface area contributed by atoms with Crippen LogP contribution in [0.2, 0.25) is 0 Å². The Morgan fingerprint density at radius 3 is 2.68 bits per heavy atom. The molecule has 0 aromatic rings. The molecule has 2 aliphatic rings. The molecule has 1 atom stereocenters. The van der Waals surface area contributed by atoms with E-state index >= 15 is 0 Å². The Morgan fingerprint density at radius 1 is 1.47 bits per heavy atom. The molecule has 0 aliphatic carbocycles. The van der Waals surface area contributed by atoms with Gasteiger partial charge in [0, 0.05) is 26.7 Å². The van der Waals surface area contributed by atoms with Crippen LogP contribution in [0.25, 0.3) is 0 Å². The van der Waals surface area contributed by atoms with Crippen LogP contribution in [0, 0.1) is 17.3 Å². The van der Waals surface area contributed by atoms with Gasteiger partial charge in [-0.1, -0.05) is 13.8 Å². The fraction of sp³-hybridized carbons (Fsp3) is 0.933. The van der Waals surface area contributed by atoms with Gasteiger partial charge in [-0.05, 0) is 31.7 Å². The van der Waals surface area contributed by atoms with Crippen molar-refractivity contribution >= 4 is 5.91 Å². The van der Waals surface area contributed by atoms with Gasteiger partial charge in [0.25, 0.3) is 0 Å². The normalized spacial score (nSPS) is 26.5. The molecule has 0 spiro atoms. The molecule has 0 aromatic carbocycles. The van der Waals surface area contributed by atoms with E-state index in [2.05, 4.69) is 18.7 Å². The summed E-state index contributed by atoms with van der Waals surface area (Å²) in [6, 6.07) is 0. The van der Waals surface area contributed by atoms with Crippen LogP contribution in [0.1, 0.15) is 27.2 Å². The SMILES string of the molecule is CC(C)CN1CC[C@H](CN(C)C(=O)C2(C)COC2)C1. The van der Waals surface area contributed by atoms with E-state index in [1.165, 1.54) is 19.5 Å². The number of hydrogen-bond donors (Lipinski definition) is 0. The molecule has 2 heterocycles. The number of likely N-dealkylation sites (tertiary alicyclic amines) is 1. The maximum Gasteiger partial charge on any atom is 0.232 e. The second kappa shape index (κ2) is 5.80. The van der Waals surface area contributed by atoms with Crippen molar-refractivity contribution in [1.82, 2.24) is 9.80 Å². The highest BCUT2D eigenvalue weighted by Gasteiger charge is 2.43. The van der Waals surface area contributed by atoms with Crippen molar-refractivity contribution in [3.05, 3.63) is 0 Å². The van der Waals surface area contributed by atoms with Gasteiger partial charge < -0.3 is 14.5 Å². The summed E-state index contributed by atoms with van der Waals surface area (Å²) in [5.74, 6) is 1.61. The summed E-state index contributed by atoms with van der Waals surface area (Å²) < 4.78 is 5.18. The molecule has 2 aliphatic heterocycles. The van der Waals surface area contributed by atoms with Crippen LogP contribution >= 0.6 is 0 Å². The fourth-order valence-corrected chi connectivity index (χ4v) is 3.21. The number of carbonyl (C=O) groups is 1. The van der Waals surface area contributed by atoms with Gasteiger partial charge in [-0.25, -0.2) is 0 Å². The largest absolute Gasteiger partial charge is 0.379 e. The second-order valence-electron chi connectivity index (χ2n) is 7.05. The molecule has 110 valence electrons. The zero-order chi connectivity index (χ0) is 14.0. The highest BCUT2D eigenvalue weighted by molar-refractivity contribution is 5.83. The van der Waals surface area contributed by atoms with Crippen molar-refractivity contribution in [3.63, 3.8) is 0 Å². The molecule has 2 saturated heterocycles. The van der Waals surface area contributed by atoms with Gasteiger partial charge in [-0.2, -0.15) is 0 Å². The molecule has 4 nitrogen and oxygen atoms in total. The maximum atomic E-state index is 12.3. The molecule has 2 rings (SSSR count). The van der Waals surface area contributed by atoms with Gasteiger partial charge in [-0.3, -0.25) is 4.79 Å². The zero-order valence-corrected chi connectivity index (χ0v) is 12.8. The third-order valence-electron chi connectivity index (χ3n) is 4.23. The summed E-state index contributed by atoms with van der Waals surface area (Å²) in [6.07, 6.45) is 1.22. The summed E-state index contributed by atoms with van der Waals surface area (Å²) in [6.45, 7) is 12.1. The molecule has 0 bridgehead atoms. The van der Waals surface area contributed by atoms with E-state index in [9.17, 15) is 4.79 Å². The van der Waals surface area contributed by atoms with Gasteiger partial charge >= 0.3 is 0 Å². The lowest BCUT2D eigenvalue weighted by Gasteiger charge is -2.39. The first-order chi connectivity index (χ1) is 8.90. The predicted octanol–water partition coefficient (Wildman–Crippen LogP) is 1.46. The van der Waals surface area contributed by atoms with Gasteiger partial charge in [0.05, 0.1) is 18.6 Å². The molecule has 19 heavy (non-hydrogen) atoms. The van der Waals surface area contributed by atoms with E-state index in [0.29, 0.717) is 19.1 Å². The van der Waals surface area contributed by atoms with E-state index in [-0.39, 0.29) is 11.3 Å². The molecule has 0 radical (unpaired) electrons. The Kier molecular flexibility index (Phi) is 4.51. The lowest BCUT2D eigenvalue weighted by Crippen LogP contribution is -2.53. The Balaban J connectivity index is 1.77. The molecule has 0 saturated carbocycles. The van der Waals surface area contributed by atoms with Crippen molar-refractivity contribution in [2.75, 3.05) is 46.4 Å². The average molecular weight is 268 g/mol. The Bertz CT molecular complexity index is 326. The van der Waals surface area contributed by atoms with E-state index in [0.717, 1.165) is 19.0 Å². The standard InChI is InChI=1S/C15H28N2O2/c1-12(2)7-17-6-5-13(9-17)8-16(4)14(18)15(3)10-19-11-15/h12-13H,5-11H2,1-4H3/t13-/m1/s1. The molecule has 0 N–H and O–H groups in total. The van der Waals surface area contributed by atoms with E-state index in [1.54, 1.807) is 0 Å². The van der Waals surface area contributed by atoms with Crippen molar-refractivity contribution in [2.24, 2.45) is 17.3 Å². The van der Waals surface area contributed by atoms with Crippen LogP contribution in [0.15, 0.2) is 0 Å². The first kappa shape index (κ1) is 14.8. The van der Waals surface area contributed by atoms with Crippen LogP contribution in [-0.2, 0) is 9.53 Å². The van der Waals surface area contributed by atoms with Crippen molar-refractivity contribution in [2.45, 2.75) is 27.2 Å². The fourth-order valence-electron chi connectivity index (χ4n) is 3.21. The molecule has 2 fully saturated rings. The van der Waals surface area contributed by atoms with Crippen LogP contribution in [0.3, 0.4) is 0 Å². The van der Waals surface area contributed by atoms with E-state index in [4.69, 9.17) is 4.74 Å². The summed E-state index contributed by atoms with van der Waals surface area (Å²) >= 11 is 0. The van der Waals surface area contributed by atoms with Crippen LogP contribution < -0.4 is 0 Å². The minimum Gasteiger partial charge on any atom is -0.379 e. The van der Waals surface area contributed by atoms with Crippen molar-refractivity contribution in [3.8, 4) is 0 Å². The summed E-state index contributed by atoms with van der Waals surface area (Å²) in [5.41, 5.74) is -0.259. The van der Waals surface area contributed by atoms with Crippen LogP contribution in [-0.4, -0.2) is 62.1 Å². The summed E-state index contributed by atoms with van der Waals surface area (Å²) in [4.78, 5) is 16.8. The first-order valence-electron chi connectivity index (χ1n) is 7.46. The number of carbonyl (C=O) groups excluding carboxylic acids is 1. The third kappa shape index (κ3) is 3.48. The minimum atomic E-state index is -0.259. The van der Waals surface area contributed by atoms with Crippen molar-refractivity contribution < 1.29 is 9.53 Å². The second-order valence-corrected chi connectivity index (χ2v) is 7.05. The average Bonchev–Trinajstić information content (AvgIpc) is 2.71. The highest BCUT2D eigenvalue weighted by Crippen LogP contribution is 2.29. The number of hydrogen-bond acceptors (Lipinski definition) is 3. The summed E-state index contributed by atoms with van der Waals surface area (Å²) in [7, 11) is 1.94. The lowest BCUT2D eigenvalue weighted by molar-refractivity contribution is -0.167. The van der Waals surface area contributed by atoms with Gasteiger partial charge in [0.2, 0.25) is 5.91 Å². The molecule has 0 aromatic heterocycles. The van der Waals surface area contributed by atoms with Crippen molar-refractivity contribution in [1.29, 1.82) is 0 Å². The Morgan fingerprint density at radius 2 is 2.16 bits per heavy atom. The molecular weight excluding hydrogens is 240 g/mol. The molecule has 1 amide bonds. The van der Waals surface area contributed by atoms with E-state index in [1.807, 2.05) is 18.9 Å². The maximum absolute atomic E-state index is 12.3. The van der Waals surface area contributed by atoms with Gasteiger partial charge in [-0.15, -0.1) is 0 Å². The number of amides is 1. The smallest absolute Gasteiger partial charge is 0.232 e. The lowest BCUT2D eigenvalue weighted by atomic mass is 9.87. The monoisotopic (exact) mass is 268 g/mol. The van der Waals surface area contributed by atoms with Gasteiger partial charge in [0.15, 0.2) is 0 Å². The number of ether oxygens (including phenoxy) is 1. The van der Waals surface area contributed by atoms with E-state index < -0.39 is 0 Å². The predicted molar refractivity (Wildman–Crippen MR) is 75.9 cm³/mol. The molecule has 0 unspecified atom stereocenters. The number of nitrogens with zero attached hydrogens (tertiary/aromatic N) is 2. The Labute approximate surface area is 117 Å². The quantitative estimate of drug-likeness (QED) is 0.757. The Hall–Kier alpha value is -0.610. The summed E-state index contributed by atoms with van der Waals surface area (Å²) in [5, 5.41) is 0. The molecule has 4 heteroatoms. The third-order valence-corrected chi connectivity index (χ3v) is 4.23. The topological polar surface area (TPSA) is 32.8 Å². The highest BCUT2D eigenvalue weighted by atomic mass is 16.5. The first-order valence-corrected chi connectivity index (χ1v) is 7.46. The van der Waals surface area contributed by atoms with Crippen LogP contribution in [0.4, 0.5) is 0 Å². The van der Waals surface area contributed by atoms with Gasteiger partial charge in [0.1, 0.15) is 0 Å². The number of rotatable bonds is 5.